The molecule has 0 saturated carbocycles. The third kappa shape index (κ3) is 3.68. The smallest absolute Gasteiger partial charge is 0.135 e. The van der Waals surface area contributed by atoms with Gasteiger partial charge in [-0.25, -0.2) is 18.7 Å². The van der Waals surface area contributed by atoms with Gasteiger partial charge in [-0.05, 0) is 30.3 Å². The van der Waals surface area contributed by atoms with E-state index in [0.717, 1.165) is 24.8 Å². The second-order valence-corrected chi connectivity index (χ2v) is 7.50. The average Bonchev–Trinajstić information content (AvgIpc) is 2.84. The second kappa shape index (κ2) is 8.57. The number of benzene rings is 2. The summed E-state index contributed by atoms with van der Waals surface area (Å²) in [5.74, 6) is -1.49. The van der Waals surface area contributed by atoms with Gasteiger partial charge in [-0.15, -0.1) is 0 Å². The lowest BCUT2D eigenvalue weighted by Crippen LogP contribution is -2.36. The minimum Gasteiger partial charge on any atom is -0.392 e. The molecule has 1 fully saturated rings. The maximum absolute atomic E-state index is 14.9. The highest BCUT2D eigenvalue weighted by atomic mass is 19.1. The lowest BCUT2D eigenvalue weighted by Gasteiger charge is -2.29. The van der Waals surface area contributed by atoms with E-state index in [2.05, 4.69) is 19.9 Å². The van der Waals surface area contributed by atoms with Crippen LogP contribution in [0.4, 0.5) is 14.5 Å². The van der Waals surface area contributed by atoms with Gasteiger partial charge in [0.2, 0.25) is 0 Å². The van der Waals surface area contributed by atoms with Gasteiger partial charge in [0.1, 0.15) is 18.0 Å². The fourth-order valence-corrected chi connectivity index (χ4v) is 4.00. The number of ether oxygens (including phenoxy) is 1. The normalized spacial score (nSPS) is 14.2. The van der Waals surface area contributed by atoms with Crippen molar-refractivity contribution in [3.63, 3.8) is 0 Å². The van der Waals surface area contributed by atoms with Crippen molar-refractivity contribution in [1.82, 2.24) is 15.0 Å². The van der Waals surface area contributed by atoms with Gasteiger partial charge in [0.05, 0.1) is 36.7 Å². The molecule has 1 N–H and O–H groups in total. The van der Waals surface area contributed by atoms with Crippen LogP contribution in [0, 0.1) is 11.6 Å². The first-order chi connectivity index (χ1) is 15.7. The number of rotatable bonds is 4. The quantitative estimate of drug-likeness (QED) is 0.524. The van der Waals surface area contributed by atoms with E-state index in [9.17, 15) is 13.9 Å². The SMILES string of the molecule is OCc1cccnc1-c1cc(-c2ncnc3cc(N4CCOCC4)ccc23)c(F)cc1F. The number of aromatic nitrogens is 3. The molecule has 0 radical (unpaired) electrons. The zero-order valence-electron chi connectivity index (χ0n) is 17.1. The van der Waals surface area contributed by atoms with E-state index in [1.54, 1.807) is 12.1 Å². The molecule has 1 aliphatic heterocycles. The largest absolute Gasteiger partial charge is 0.392 e. The van der Waals surface area contributed by atoms with Gasteiger partial charge in [0.25, 0.3) is 0 Å². The number of nitrogens with zero attached hydrogens (tertiary/aromatic N) is 4. The highest BCUT2D eigenvalue weighted by Gasteiger charge is 2.19. The maximum atomic E-state index is 14.9. The molecule has 0 atom stereocenters. The summed E-state index contributed by atoms with van der Waals surface area (Å²) in [5.41, 5.74) is 2.99. The third-order valence-corrected chi connectivity index (χ3v) is 5.62. The first-order valence-corrected chi connectivity index (χ1v) is 10.3. The van der Waals surface area contributed by atoms with E-state index in [0.29, 0.717) is 35.4 Å². The van der Waals surface area contributed by atoms with E-state index < -0.39 is 11.6 Å². The van der Waals surface area contributed by atoms with E-state index in [4.69, 9.17) is 4.74 Å². The van der Waals surface area contributed by atoms with Gasteiger partial charge < -0.3 is 14.7 Å². The molecule has 1 saturated heterocycles. The molecule has 2 aromatic carbocycles. The molecular formula is C24H20F2N4O2. The van der Waals surface area contributed by atoms with E-state index >= 15 is 0 Å². The Kier molecular flexibility index (Phi) is 5.46. The molecule has 0 spiro atoms. The van der Waals surface area contributed by atoms with Crippen LogP contribution in [0.3, 0.4) is 0 Å². The lowest BCUT2D eigenvalue weighted by molar-refractivity contribution is 0.122. The minimum absolute atomic E-state index is 0.0998. The molecular weight excluding hydrogens is 414 g/mol. The summed E-state index contributed by atoms with van der Waals surface area (Å²) in [5, 5.41) is 10.3. The number of anilines is 1. The van der Waals surface area contributed by atoms with Crippen LogP contribution >= 0.6 is 0 Å². The van der Waals surface area contributed by atoms with Crippen molar-refractivity contribution in [1.29, 1.82) is 0 Å². The molecule has 162 valence electrons. The van der Waals surface area contributed by atoms with Crippen LogP contribution in [-0.4, -0.2) is 46.4 Å². The molecule has 6 nitrogen and oxygen atoms in total. The van der Waals surface area contributed by atoms with Crippen LogP contribution in [0.2, 0.25) is 0 Å². The van der Waals surface area contributed by atoms with Crippen LogP contribution in [0.25, 0.3) is 33.4 Å². The number of pyridine rings is 1. The predicted molar refractivity (Wildman–Crippen MR) is 117 cm³/mol. The summed E-state index contributed by atoms with van der Waals surface area (Å²) < 4.78 is 35.0. The van der Waals surface area contributed by atoms with Gasteiger partial charge in [-0.3, -0.25) is 4.98 Å². The molecule has 32 heavy (non-hydrogen) atoms. The van der Waals surface area contributed by atoms with Crippen molar-refractivity contribution < 1.29 is 18.6 Å². The number of halogens is 2. The molecule has 3 heterocycles. The van der Waals surface area contributed by atoms with Crippen LogP contribution in [-0.2, 0) is 11.3 Å². The third-order valence-electron chi connectivity index (χ3n) is 5.62. The first-order valence-electron chi connectivity index (χ1n) is 10.3. The van der Waals surface area contributed by atoms with Crippen molar-refractivity contribution in [2.45, 2.75) is 6.61 Å². The summed E-state index contributed by atoms with van der Waals surface area (Å²) in [6.07, 6.45) is 2.88. The van der Waals surface area contributed by atoms with Crippen molar-refractivity contribution in [2.24, 2.45) is 0 Å². The molecule has 0 bridgehead atoms. The number of aliphatic hydroxyl groups is 1. The Morgan fingerprint density at radius 2 is 1.69 bits per heavy atom. The molecule has 8 heteroatoms. The fourth-order valence-electron chi connectivity index (χ4n) is 4.00. The molecule has 5 rings (SSSR count). The standard InChI is InChI=1S/C24H20F2N4O2/c25-20-12-21(26)19(11-18(20)23-15(13-31)2-1-5-27-23)24-17-4-3-16(10-22(17)28-14-29-24)30-6-8-32-9-7-30/h1-5,10-12,14,31H,6-9,13H2. The monoisotopic (exact) mass is 434 g/mol. The summed E-state index contributed by atoms with van der Waals surface area (Å²) in [6, 6.07) is 11.3. The van der Waals surface area contributed by atoms with Crippen molar-refractivity contribution >= 4 is 16.6 Å². The van der Waals surface area contributed by atoms with Gasteiger partial charge in [-0.2, -0.15) is 0 Å². The van der Waals surface area contributed by atoms with E-state index in [-0.39, 0.29) is 23.4 Å². The maximum Gasteiger partial charge on any atom is 0.135 e. The predicted octanol–water partition coefficient (Wildman–Crippen LogP) is 3.97. The first kappa shape index (κ1) is 20.4. The zero-order chi connectivity index (χ0) is 22.1. The summed E-state index contributed by atoms with van der Waals surface area (Å²) in [7, 11) is 0. The number of aliphatic hydroxyl groups excluding tert-OH is 1. The van der Waals surface area contributed by atoms with Crippen LogP contribution < -0.4 is 4.90 Å². The summed E-state index contributed by atoms with van der Waals surface area (Å²) in [6.45, 7) is 2.60. The Bertz CT molecular complexity index is 1290. The van der Waals surface area contributed by atoms with Gasteiger partial charge in [-0.1, -0.05) is 6.07 Å². The molecule has 2 aromatic heterocycles. The Morgan fingerprint density at radius 3 is 2.47 bits per heavy atom. The summed E-state index contributed by atoms with van der Waals surface area (Å²) in [4.78, 5) is 15.1. The van der Waals surface area contributed by atoms with Crippen molar-refractivity contribution in [3.05, 3.63) is 72.2 Å². The topological polar surface area (TPSA) is 71.4 Å². The van der Waals surface area contributed by atoms with E-state index in [1.807, 2.05) is 18.2 Å². The van der Waals surface area contributed by atoms with E-state index in [1.165, 1.54) is 18.6 Å². The average molecular weight is 434 g/mol. The Hall–Kier alpha value is -3.49. The van der Waals surface area contributed by atoms with Crippen molar-refractivity contribution in [2.75, 3.05) is 31.2 Å². The van der Waals surface area contributed by atoms with Gasteiger partial charge >= 0.3 is 0 Å². The number of morpholine rings is 1. The fraction of sp³-hybridized carbons (Fsp3) is 0.208. The van der Waals surface area contributed by atoms with Crippen LogP contribution in [0.15, 0.2) is 55.0 Å². The zero-order valence-corrected chi connectivity index (χ0v) is 17.1. The molecule has 1 aliphatic rings. The number of hydrogen-bond donors (Lipinski definition) is 1. The molecule has 0 amide bonds. The molecule has 0 unspecified atom stereocenters. The van der Waals surface area contributed by atoms with Crippen LogP contribution in [0.1, 0.15) is 5.56 Å². The number of hydrogen-bond acceptors (Lipinski definition) is 6. The molecule has 4 aromatic rings. The minimum atomic E-state index is -0.757. The summed E-state index contributed by atoms with van der Waals surface area (Å²) >= 11 is 0. The highest BCUT2D eigenvalue weighted by molar-refractivity contribution is 5.94. The number of fused-ring (bicyclic) bond motifs is 1. The van der Waals surface area contributed by atoms with Gasteiger partial charge in [0.15, 0.2) is 0 Å². The van der Waals surface area contributed by atoms with Crippen LogP contribution in [0.5, 0.6) is 0 Å². The lowest BCUT2D eigenvalue weighted by atomic mass is 9.99. The Morgan fingerprint density at radius 1 is 0.906 bits per heavy atom. The second-order valence-electron chi connectivity index (χ2n) is 7.50. The Balaban J connectivity index is 1.63. The Labute approximate surface area is 183 Å². The highest BCUT2D eigenvalue weighted by Crippen LogP contribution is 2.34. The van der Waals surface area contributed by atoms with Gasteiger partial charge in [0, 0.05) is 53.1 Å². The van der Waals surface area contributed by atoms with Crippen molar-refractivity contribution in [3.8, 4) is 22.5 Å². The molecule has 0 aliphatic carbocycles.